The van der Waals surface area contributed by atoms with Gasteiger partial charge in [0.15, 0.2) is 23.0 Å². The minimum Gasteiger partial charge on any atom is -0.504 e. The average molecular weight is 757 g/mol. The van der Waals surface area contributed by atoms with Crippen LogP contribution in [0.15, 0.2) is 36.4 Å². The summed E-state index contributed by atoms with van der Waals surface area (Å²) >= 11 is 1.35. The molecule has 0 saturated carbocycles. The summed E-state index contributed by atoms with van der Waals surface area (Å²) in [7, 11) is 3.47. The molecule has 6 aliphatic heterocycles. The number of methoxy groups -OCH3 is 1. The fourth-order valence-electron chi connectivity index (χ4n) is 8.97. The van der Waals surface area contributed by atoms with Crippen molar-refractivity contribution in [1.29, 1.82) is 5.26 Å². The number of piperazine rings is 1. The van der Waals surface area contributed by atoms with Gasteiger partial charge in [-0.15, -0.1) is 11.8 Å². The van der Waals surface area contributed by atoms with E-state index in [1.54, 1.807) is 6.92 Å². The van der Waals surface area contributed by atoms with Crippen LogP contribution in [0.5, 0.6) is 28.7 Å². The van der Waals surface area contributed by atoms with Crippen LogP contribution >= 0.6 is 11.8 Å². The van der Waals surface area contributed by atoms with Crippen LogP contribution in [0.3, 0.4) is 0 Å². The molecule has 7 atom stereocenters. The number of nitrogens with one attached hydrogen (secondary N) is 1. The first-order chi connectivity index (χ1) is 26.0. The van der Waals surface area contributed by atoms with Crippen molar-refractivity contribution in [2.45, 2.75) is 75.3 Å². The number of likely N-dealkylation sites (N-methyl/N-ethyl adjacent to an activating group) is 1. The Morgan fingerprint density at radius 3 is 2.57 bits per heavy atom. The lowest BCUT2D eigenvalue weighted by atomic mass is 9.71. The number of thioether (sulfide) groups is 1. The predicted octanol–water partition coefficient (Wildman–Crippen LogP) is 4.53. The van der Waals surface area contributed by atoms with E-state index in [-0.39, 0.29) is 37.6 Å². The Bertz CT molecular complexity index is 2090. The second-order valence-electron chi connectivity index (χ2n) is 14.1. The highest BCUT2D eigenvalue weighted by Gasteiger charge is 2.60. The molecule has 1 amide bonds. The highest BCUT2D eigenvalue weighted by Crippen LogP contribution is 2.64. The summed E-state index contributed by atoms with van der Waals surface area (Å²) in [6, 6.07) is 9.83. The van der Waals surface area contributed by atoms with Gasteiger partial charge in [0.05, 0.1) is 30.5 Å². The number of phenolic OH excluding ortho intramolecular Hbond substituents is 1. The standard InChI is InChI=1S/C39H40N4O10S/c1-18-11-22-12-24-25(13-40)43-26-15-49-38(46)23(41-39(47)50-14-21-9-7-6-8-10-21)16-54-37(31(43)30(42(24)4)27(22)32(45)33(18)48-5)29-28(26)36-35(51-17-52-36)19(2)34(29)53-20(3)44/h6-11,23-26,30-31,37,45H,12,14-17H2,1-5H3,(H,41,47)/t23?,24-,25-,26+,30+,31?,37+/m0/s1. The molecule has 0 aromatic heterocycles. The number of aromatic hydroxyl groups is 1. The fourth-order valence-corrected chi connectivity index (χ4v) is 10.5. The van der Waals surface area contributed by atoms with Gasteiger partial charge in [-0.1, -0.05) is 36.4 Å². The molecule has 15 heteroatoms. The number of fused-ring (bicyclic) bond motifs is 10. The molecule has 54 heavy (non-hydrogen) atoms. The summed E-state index contributed by atoms with van der Waals surface area (Å²) < 4.78 is 35.4. The van der Waals surface area contributed by atoms with Crippen LogP contribution in [-0.4, -0.2) is 90.4 Å². The number of amides is 1. The molecule has 9 rings (SSSR count). The number of esters is 2. The van der Waals surface area contributed by atoms with E-state index in [4.69, 9.17) is 28.4 Å². The smallest absolute Gasteiger partial charge is 0.408 e. The third-order valence-corrected chi connectivity index (χ3v) is 12.6. The first-order valence-electron chi connectivity index (χ1n) is 17.7. The van der Waals surface area contributed by atoms with Gasteiger partial charge in [-0.3, -0.25) is 14.6 Å². The highest BCUT2D eigenvalue weighted by atomic mass is 32.2. The lowest BCUT2D eigenvalue weighted by molar-refractivity contribution is -0.151. The van der Waals surface area contributed by atoms with E-state index >= 15 is 0 Å². The maximum atomic E-state index is 13.8. The second kappa shape index (κ2) is 13.9. The highest BCUT2D eigenvalue weighted by molar-refractivity contribution is 7.99. The van der Waals surface area contributed by atoms with E-state index in [0.717, 1.165) is 16.7 Å². The van der Waals surface area contributed by atoms with Crippen molar-refractivity contribution in [2.24, 2.45) is 0 Å². The van der Waals surface area contributed by atoms with Gasteiger partial charge >= 0.3 is 18.0 Å². The van der Waals surface area contributed by atoms with Crippen LogP contribution in [0.25, 0.3) is 0 Å². The molecule has 14 nitrogen and oxygen atoms in total. The molecule has 2 unspecified atom stereocenters. The molecule has 2 saturated heterocycles. The van der Waals surface area contributed by atoms with Gasteiger partial charge in [-0.25, -0.2) is 9.59 Å². The second-order valence-corrected chi connectivity index (χ2v) is 15.3. The van der Waals surface area contributed by atoms with Crippen molar-refractivity contribution in [1.82, 2.24) is 15.1 Å². The van der Waals surface area contributed by atoms with Crippen LogP contribution in [0.4, 0.5) is 4.79 Å². The molecule has 282 valence electrons. The van der Waals surface area contributed by atoms with Gasteiger partial charge in [-0.05, 0) is 44.0 Å². The van der Waals surface area contributed by atoms with Gasteiger partial charge in [-0.2, -0.15) is 5.26 Å². The van der Waals surface area contributed by atoms with Crippen molar-refractivity contribution >= 4 is 29.8 Å². The Morgan fingerprint density at radius 2 is 1.85 bits per heavy atom. The molecule has 2 N–H and O–H groups in total. The monoisotopic (exact) mass is 756 g/mol. The van der Waals surface area contributed by atoms with Crippen LogP contribution in [0, 0.1) is 25.2 Å². The maximum absolute atomic E-state index is 13.8. The molecule has 0 aliphatic carbocycles. The Kier molecular flexibility index (Phi) is 9.23. The zero-order valence-corrected chi connectivity index (χ0v) is 31.2. The summed E-state index contributed by atoms with van der Waals surface area (Å²) in [5.41, 5.74) is 4.95. The zero-order chi connectivity index (χ0) is 38.0. The van der Waals surface area contributed by atoms with Gasteiger partial charge in [0.1, 0.15) is 31.0 Å². The number of nitriles is 1. The number of nitrogens with zero attached hydrogens (tertiary/aromatic N) is 3. The fraction of sp³-hybridized carbons (Fsp3) is 0.436. The Hall–Kier alpha value is -5.17. The van der Waals surface area contributed by atoms with Crippen LogP contribution in [0.2, 0.25) is 0 Å². The number of ether oxygens (including phenoxy) is 6. The predicted molar refractivity (Wildman–Crippen MR) is 193 cm³/mol. The first-order valence-corrected chi connectivity index (χ1v) is 18.8. The van der Waals surface area contributed by atoms with Gasteiger partial charge in [0.25, 0.3) is 0 Å². The SMILES string of the molecule is COc1c(C)cc2c(c1O)[C@@H]1C3[C@@H]4SCC(NC(=O)OCc5ccccc5)C(=O)OC[C@H](c5c6c(c(C)c(OC(C)=O)c54)OCO6)N3[C@@H](C#N)[C@H](C2)N1C. The average Bonchev–Trinajstić information content (AvgIpc) is 3.64. The Balaban J connectivity index is 1.30. The third-order valence-electron chi connectivity index (χ3n) is 11.2. The van der Waals surface area contributed by atoms with Crippen molar-refractivity contribution in [3.63, 3.8) is 0 Å². The number of hydrogen-bond acceptors (Lipinski definition) is 14. The number of aryl methyl sites for hydroxylation is 1. The number of carbonyl (C=O) groups excluding carboxylic acids is 3. The molecular weight excluding hydrogens is 717 g/mol. The van der Waals surface area contributed by atoms with E-state index in [0.29, 0.717) is 51.7 Å². The molecule has 2 fully saturated rings. The molecule has 0 radical (unpaired) electrons. The van der Waals surface area contributed by atoms with E-state index in [2.05, 4.69) is 21.2 Å². The summed E-state index contributed by atoms with van der Waals surface area (Å²) in [5, 5.41) is 25.0. The number of benzene rings is 3. The number of rotatable bonds is 5. The molecule has 4 bridgehead atoms. The molecule has 6 heterocycles. The van der Waals surface area contributed by atoms with E-state index in [1.165, 1.54) is 25.8 Å². The summed E-state index contributed by atoms with van der Waals surface area (Å²) in [4.78, 5) is 44.0. The molecular formula is C39H40N4O10S. The van der Waals surface area contributed by atoms with E-state index in [9.17, 15) is 24.8 Å². The lowest BCUT2D eigenvalue weighted by Gasteiger charge is -2.61. The molecule has 6 aliphatic rings. The number of carbonyl (C=O) groups is 3. The van der Waals surface area contributed by atoms with Crippen molar-refractivity contribution < 1.29 is 47.9 Å². The Morgan fingerprint density at radius 1 is 1.09 bits per heavy atom. The summed E-state index contributed by atoms with van der Waals surface area (Å²) in [6.45, 7) is 4.70. The number of alkyl carbamates (subject to hydrolysis) is 1. The quantitative estimate of drug-likeness (QED) is 0.275. The Labute approximate surface area is 316 Å². The van der Waals surface area contributed by atoms with Crippen molar-refractivity contribution in [3.05, 3.63) is 75.3 Å². The largest absolute Gasteiger partial charge is 0.504 e. The minimum absolute atomic E-state index is 0.00542. The van der Waals surface area contributed by atoms with Crippen LogP contribution in [0.1, 0.15) is 63.2 Å². The van der Waals surface area contributed by atoms with Crippen LogP contribution in [-0.2, 0) is 32.1 Å². The lowest BCUT2D eigenvalue weighted by Crippen LogP contribution is -2.69. The molecule has 3 aromatic carbocycles. The van der Waals surface area contributed by atoms with Gasteiger partial charge < -0.3 is 38.8 Å². The zero-order valence-electron chi connectivity index (χ0n) is 30.4. The van der Waals surface area contributed by atoms with E-state index in [1.807, 2.05) is 50.4 Å². The number of hydrogen-bond donors (Lipinski definition) is 2. The first kappa shape index (κ1) is 35.8. The summed E-state index contributed by atoms with van der Waals surface area (Å²) in [6.07, 6.45) is -0.315. The minimum atomic E-state index is -1.11. The summed E-state index contributed by atoms with van der Waals surface area (Å²) in [5.74, 6) is 0.331. The van der Waals surface area contributed by atoms with Crippen LogP contribution < -0.4 is 24.3 Å². The van der Waals surface area contributed by atoms with E-state index < -0.39 is 53.5 Å². The molecule has 3 aromatic rings. The topological polar surface area (TPSA) is 169 Å². The van der Waals surface area contributed by atoms with Gasteiger partial charge in [0, 0.05) is 47.0 Å². The third kappa shape index (κ3) is 5.66. The molecule has 0 spiro atoms. The van der Waals surface area contributed by atoms with Gasteiger partial charge in [0.2, 0.25) is 6.79 Å². The normalized spacial score (nSPS) is 26.7. The number of phenols is 1. The van der Waals surface area contributed by atoms with Crippen molar-refractivity contribution in [2.75, 3.05) is 33.3 Å². The van der Waals surface area contributed by atoms with Crippen molar-refractivity contribution in [3.8, 4) is 34.8 Å². The maximum Gasteiger partial charge on any atom is 0.408 e.